The van der Waals surface area contributed by atoms with Crippen molar-refractivity contribution in [3.63, 3.8) is 0 Å². The predicted octanol–water partition coefficient (Wildman–Crippen LogP) is 5.31. The molecule has 0 spiro atoms. The van der Waals surface area contributed by atoms with Gasteiger partial charge in [-0.25, -0.2) is 38.1 Å². The molecule has 4 heterocycles. The normalized spacial score (nSPS) is 23.5. The van der Waals surface area contributed by atoms with Gasteiger partial charge in [-0.3, -0.25) is 14.7 Å². The van der Waals surface area contributed by atoms with Crippen LogP contribution in [0.2, 0.25) is 0 Å². The van der Waals surface area contributed by atoms with E-state index in [9.17, 15) is 24.0 Å². The summed E-state index contributed by atoms with van der Waals surface area (Å²) in [7, 11) is 0. The Labute approximate surface area is 391 Å². The first-order valence-electron chi connectivity index (χ1n) is 24.3. The van der Waals surface area contributed by atoms with Gasteiger partial charge in [0, 0.05) is 96.7 Å². The minimum atomic E-state index is -0.766. The molecular formula is C48H81N9O9. The minimum Gasteiger partial charge on any atom is -0.438 e. The molecule has 0 radical (unpaired) electrons. The summed E-state index contributed by atoms with van der Waals surface area (Å²) in [6, 6.07) is 1.47. The summed E-state index contributed by atoms with van der Waals surface area (Å²) < 4.78 is 25.2. The molecule has 3 aliphatic rings. The Hall–Kier alpha value is -4.68. The van der Waals surface area contributed by atoms with E-state index in [1.54, 1.807) is 18.2 Å². The van der Waals surface area contributed by atoms with E-state index in [-0.39, 0.29) is 12.2 Å². The zero-order valence-corrected chi connectivity index (χ0v) is 40.9. The number of hydrogen-bond donors (Lipinski definition) is 3. The van der Waals surface area contributed by atoms with Gasteiger partial charge in [0.25, 0.3) is 0 Å². The number of alkyl carbamates (subject to hydrolysis) is 3. The van der Waals surface area contributed by atoms with Crippen LogP contribution in [0.15, 0.2) is 57.0 Å². The average Bonchev–Trinajstić information content (AvgIpc) is 4.24. The lowest BCUT2D eigenvalue weighted by Gasteiger charge is -2.26. The molecule has 4 rings (SSSR count). The molecule has 18 heteroatoms. The third-order valence-corrected chi connectivity index (χ3v) is 12.6. The second kappa shape index (κ2) is 26.0. The number of unbranched alkanes of at least 4 members (excludes halogenated alkanes) is 9. The maximum absolute atomic E-state index is 13.8. The Morgan fingerprint density at radius 2 is 0.924 bits per heavy atom. The second-order valence-corrected chi connectivity index (χ2v) is 19.2. The topological polar surface area (TPSA) is 194 Å². The molecule has 372 valence electrons. The maximum Gasteiger partial charge on any atom is 0.425 e. The summed E-state index contributed by atoms with van der Waals surface area (Å²) in [6.45, 7) is 30.5. The fourth-order valence-corrected chi connectivity index (χ4v) is 7.73. The van der Waals surface area contributed by atoms with Crippen LogP contribution in [0.1, 0.15) is 119 Å². The van der Waals surface area contributed by atoms with Crippen molar-refractivity contribution in [1.29, 1.82) is 0 Å². The van der Waals surface area contributed by atoms with Crippen LogP contribution >= 0.6 is 0 Å². The number of carbonyl (C=O) groups excluding carboxylic acids is 3. The van der Waals surface area contributed by atoms with E-state index >= 15 is 0 Å². The summed E-state index contributed by atoms with van der Waals surface area (Å²) in [5.74, 6) is -0.745. The third kappa shape index (κ3) is 18.9. The number of nitrogens with one attached hydrogen (secondary N) is 3. The van der Waals surface area contributed by atoms with Crippen molar-refractivity contribution in [2.75, 3.05) is 65.4 Å². The molecule has 0 aliphatic carbocycles. The zero-order chi connectivity index (χ0) is 48.3. The van der Waals surface area contributed by atoms with Crippen LogP contribution in [-0.4, -0.2) is 142 Å². The molecule has 9 unspecified atom stereocenters. The van der Waals surface area contributed by atoms with Gasteiger partial charge in [-0.15, -0.1) is 0 Å². The van der Waals surface area contributed by atoms with E-state index in [4.69, 9.17) is 18.6 Å². The highest BCUT2D eigenvalue weighted by atomic mass is 16.6. The Morgan fingerprint density at radius 3 is 1.27 bits per heavy atom. The van der Waals surface area contributed by atoms with Crippen LogP contribution in [0.3, 0.4) is 0 Å². The third-order valence-electron chi connectivity index (χ3n) is 12.6. The first kappa shape index (κ1) is 53.9. The number of aromatic nitrogens is 2. The second-order valence-electron chi connectivity index (χ2n) is 19.2. The zero-order valence-electron chi connectivity index (χ0n) is 40.9. The number of hydrogen-bond acceptors (Lipinski definition) is 13. The quantitative estimate of drug-likeness (QED) is 0.0357. The Balaban J connectivity index is 1.22. The van der Waals surface area contributed by atoms with Gasteiger partial charge in [-0.05, 0) is 98.3 Å². The van der Waals surface area contributed by atoms with Gasteiger partial charge in [-0.1, -0.05) is 58.3 Å². The molecular weight excluding hydrogens is 847 g/mol. The van der Waals surface area contributed by atoms with Crippen molar-refractivity contribution in [2.24, 2.45) is 4.99 Å². The molecule has 1 aromatic rings. The molecule has 3 saturated heterocycles. The summed E-state index contributed by atoms with van der Waals surface area (Å²) >= 11 is 0. The molecule has 3 N–H and O–H groups in total. The summed E-state index contributed by atoms with van der Waals surface area (Å²) in [5.41, 5.74) is -2.74. The molecule has 1 aromatic heterocycles. The van der Waals surface area contributed by atoms with Crippen LogP contribution in [0, 0.1) is 0 Å². The molecule has 9 atom stereocenters. The molecule has 3 fully saturated rings. The van der Waals surface area contributed by atoms with Gasteiger partial charge >= 0.3 is 35.4 Å². The average molecular weight is 928 g/mol. The first-order valence-corrected chi connectivity index (χ1v) is 24.3. The maximum atomic E-state index is 13.8. The number of rotatable bonds is 33. The van der Waals surface area contributed by atoms with Crippen LogP contribution in [0.5, 0.6) is 0 Å². The molecule has 18 nitrogen and oxygen atoms in total. The van der Waals surface area contributed by atoms with Crippen molar-refractivity contribution in [3.05, 3.63) is 64.7 Å². The highest BCUT2D eigenvalue weighted by molar-refractivity contribution is 5.68. The van der Waals surface area contributed by atoms with Gasteiger partial charge in [0.2, 0.25) is 0 Å². The highest BCUT2D eigenvalue weighted by Gasteiger charge is 2.39. The lowest BCUT2D eigenvalue weighted by molar-refractivity contribution is 0.0480. The molecule has 0 bridgehead atoms. The fourth-order valence-electron chi connectivity index (χ4n) is 7.73. The fraction of sp³-hybridized carbons (Fsp3) is 0.750. The van der Waals surface area contributed by atoms with E-state index in [0.717, 1.165) is 75.6 Å². The van der Waals surface area contributed by atoms with Crippen LogP contribution < -0.4 is 33.1 Å². The van der Waals surface area contributed by atoms with Gasteiger partial charge < -0.3 is 34.6 Å². The minimum absolute atomic E-state index is 0.00814. The smallest absolute Gasteiger partial charge is 0.425 e. The van der Waals surface area contributed by atoms with Crippen LogP contribution in [0.4, 0.5) is 14.4 Å². The number of nitrogens with zero attached hydrogens (tertiary/aromatic N) is 6. The van der Waals surface area contributed by atoms with E-state index in [1.165, 1.54) is 4.57 Å². The Morgan fingerprint density at radius 1 is 0.591 bits per heavy atom. The van der Waals surface area contributed by atoms with Crippen molar-refractivity contribution in [2.45, 2.75) is 167 Å². The van der Waals surface area contributed by atoms with Gasteiger partial charge in [0.05, 0.1) is 0 Å². The standard InChI is InChI=1S/C48H81N9O9/c1-10-46(7,34-53-31-37(53)4)64-41(58)50-26-20-14-13-19-25-49-40-56(29-23-17-15-21-27-51-42(59)65-47(8,11-2)35-54-32-38(54)5)44(61)57(45(62)63-40)30-24-18-16-22-28-52-43(60)66-48(9,12-3)36-55-33-39(55)6/h10-12,37-39H,1-3,13-36H2,4-9H3,(H,50,58)(H,51,59)(H,52,60). The number of carbonyl (C=O) groups is 3. The Kier molecular flexibility index (Phi) is 21.3. The molecule has 0 aromatic carbocycles. The lowest BCUT2D eigenvalue weighted by atomic mass is 10.1. The van der Waals surface area contributed by atoms with E-state index in [1.807, 2.05) is 20.8 Å². The summed E-state index contributed by atoms with van der Waals surface area (Å²) in [5, 5.41) is 8.49. The van der Waals surface area contributed by atoms with Gasteiger partial charge in [0.1, 0.15) is 16.8 Å². The van der Waals surface area contributed by atoms with Crippen LogP contribution in [-0.2, 0) is 27.3 Å². The molecule has 66 heavy (non-hydrogen) atoms. The molecule has 0 saturated carbocycles. The molecule has 3 amide bonds. The van der Waals surface area contributed by atoms with Crippen molar-refractivity contribution < 1.29 is 33.0 Å². The van der Waals surface area contributed by atoms with E-state index in [0.29, 0.717) is 96.2 Å². The van der Waals surface area contributed by atoms with Crippen molar-refractivity contribution in [1.82, 2.24) is 39.8 Å². The number of amides is 3. The van der Waals surface area contributed by atoms with Crippen molar-refractivity contribution in [3.8, 4) is 0 Å². The summed E-state index contributed by atoms with van der Waals surface area (Å²) in [6.07, 6.45) is 12.5. The van der Waals surface area contributed by atoms with E-state index in [2.05, 4.69) is 76.2 Å². The lowest BCUT2D eigenvalue weighted by Crippen LogP contribution is -2.47. The Bertz CT molecular complexity index is 1970. The predicted molar refractivity (Wildman–Crippen MR) is 255 cm³/mol. The summed E-state index contributed by atoms with van der Waals surface area (Å²) in [4.78, 5) is 75.6. The van der Waals surface area contributed by atoms with E-state index < -0.39 is 46.5 Å². The van der Waals surface area contributed by atoms with Gasteiger partial charge in [0.15, 0.2) is 0 Å². The van der Waals surface area contributed by atoms with Crippen LogP contribution in [0.25, 0.3) is 0 Å². The number of ether oxygens (including phenoxy) is 3. The SMILES string of the molecule is C=CC(C)(CN1CC1C)OC(=O)NCCCCCCN=c1oc(=O)n(CCCCCCNC(=O)OC(C)(C=C)CN2CC2C)c(=O)n1CCCCCCNC(=O)OC(C)(C=C)CN1CC1C. The van der Waals surface area contributed by atoms with Gasteiger partial charge in [-0.2, -0.15) is 0 Å². The molecule has 3 aliphatic heterocycles. The highest BCUT2D eigenvalue weighted by Crippen LogP contribution is 2.25. The monoisotopic (exact) mass is 928 g/mol. The first-order chi connectivity index (χ1) is 31.4. The largest absolute Gasteiger partial charge is 0.438 e. The van der Waals surface area contributed by atoms with Crippen molar-refractivity contribution >= 4 is 18.3 Å².